The van der Waals surface area contributed by atoms with Crippen LogP contribution in [0.25, 0.3) is 0 Å². The lowest BCUT2D eigenvalue weighted by atomic mass is 10.2. The van der Waals surface area contributed by atoms with Crippen LogP contribution in [0.15, 0.2) is 12.7 Å². The van der Waals surface area contributed by atoms with E-state index in [1.54, 1.807) is 20.1 Å². The van der Waals surface area contributed by atoms with Gasteiger partial charge in [-0.2, -0.15) is 0 Å². The predicted octanol–water partition coefficient (Wildman–Crippen LogP) is 1.89. The number of hydrogen-bond acceptors (Lipinski definition) is 5. The molecule has 0 bridgehead atoms. The van der Waals surface area contributed by atoms with E-state index < -0.39 is 18.2 Å². The Kier molecular flexibility index (Phi) is 9.08. The summed E-state index contributed by atoms with van der Waals surface area (Å²) in [6, 6.07) is 0. The molecule has 0 N–H and O–H groups in total. The number of allylic oxidation sites excluding steroid dienone is 1. The largest absolute Gasteiger partial charge is 0.453 e. The third-order valence-electron chi connectivity index (χ3n) is 2.76. The molecule has 5 heteroatoms. The lowest BCUT2D eigenvalue weighted by Gasteiger charge is -2.19. The molecule has 0 aliphatic rings. The highest BCUT2D eigenvalue weighted by Gasteiger charge is 2.21. The lowest BCUT2D eigenvalue weighted by molar-refractivity contribution is -0.165. The minimum absolute atomic E-state index is 0.0847. The van der Waals surface area contributed by atoms with E-state index in [9.17, 15) is 9.59 Å². The van der Waals surface area contributed by atoms with Gasteiger partial charge in [0.15, 0.2) is 18.0 Å². The standard InChI is InChI=1S/C14H24O5/c1-6-7-8-13(17-5)9-18-12(4)14(16)19-11(3)10(2)15/h6,11-13H,1,7-9H2,2-5H3. The van der Waals surface area contributed by atoms with Gasteiger partial charge in [-0.05, 0) is 33.6 Å². The highest BCUT2D eigenvalue weighted by molar-refractivity contribution is 5.84. The number of hydrogen-bond donors (Lipinski definition) is 0. The normalized spacial score (nSPS) is 15.4. The van der Waals surface area contributed by atoms with Crippen molar-refractivity contribution in [2.45, 2.75) is 51.9 Å². The molecule has 0 radical (unpaired) electrons. The van der Waals surface area contributed by atoms with Gasteiger partial charge in [-0.25, -0.2) is 4.79 Å². The van der Waals surface area contributed by atoms with Crippen LogP contribution in [0.5, 0.6) is 0 Å². The Bertz CT molecular complexity index is 300. The van der Waals surface area contributed by atoms with E-state index in [4.69, 9.17) is 14.2 Å². The maximum atomic E-state index is 11.6. The van der Waals surface area contributed by atoms with Gasteiger partial charge in [-0.3, -0.25) is 4.79 Å². The maximum absolute atomic E-state index is 11.6. The highest BCUT2D eigenvalue weighted by atomic mass is 16.6. The first-order valence-corrected chi connectivity index (χ1v) is 6.38. The van der Waals surface area contributed by atoms with Crippen LogP contribution in [-0.4, -0.2) is 43.8 Å². The van der Waals surface area contributed by atoms with E-state index in [1.165, 1.54) is 13.8 Å². The summed E-state index contributed by atoms with van der Waals surface area (Å²) >= 11 is 0. The molecule has 0 rings (SSSR count). The van der Waals surface area contributed by atoms with Gasteiger partial charge < -0.3 is 14.2 Å². The van der Waals surface area contributed by atoms with E-state index in [0.29, 0.717) is 6.61 Å². The molecule has 0 aliphatic carbocycles. The molecule has 3 atom stereocenters. The van der Waals surface area contributed by atoms with Gasteiger partial charge >= 0.3 is 5.97 Å². The molecule has 0 saturated heterocycles. The molecular weight excluding hydrogens is 248 g/mol. The average molecular weight is 272 g/mol. The van der Waals surface area contributed by atoms with Gasteiger partial charge in [0.2, 0.25) is 0 Å². The maximum Gasteiger partial charge on any atom is 0.335 e. The second-order valence-corrected chi connectivity index (χ2v) is 4.39. The fourth-order valence-electron chi connectivity index (χ4n) is 1.25. The van der Waals surface area contributed by atoms with Crippen molar-refractivity contribution >= 4 is 11.8 Å². The van der Waals surface area contributed by atoms with E-state index in [1.807, 2.05) is 0 Å². The fraction of sp³-hybridized carbons (Fsp3) is 0.714. The molecule has 110 valence electrons. The van der Waals surface area contributed by atoms with E-state index >= 15 is 0 Å². The SMILES string of the molecule is C=CCCC(COC(C)C(=O)OC(C)C(C)=O)OC. The second-order valence-electron chi connectivity index (χ2n) is 4.39. The average Bonchev–Trinajstić information content (AvgIpc) is 2.38. The van der Waals surface area contributed by atoms with E-state index in [0.717, 1.165) is 12.8 Å². The molecule has 0 spiro atoms. The zero-order valence-electron chi connectivity index (χ0n) is 12.2. The third-order valence-corrected chi connectivity index (χ3v) is 2.76. The molecule has 19 heavy (non-hydrogen) atoms. The van der Waals surface area contributed by atoms with Gasteiger partial charge in [0, 0.05) is 7.11 Å². The molecule has 0 heterocycles. The smallest absolute Gasteiger partial charge is 0.335 e. The van der Waals surface area contributed by atoms with Crippen LogP contribution in [0.2, 0.25) is 0 Å². The molecular formula is C14H24O5. The number of carbonyl (C=O) groups is 2. The van der Waals surface area contributed by atoms with Crippen LogP contribution in [0.1, 0.15) is 33.6 Å². The molecule has 0 aromatic rings. The van der Waals surface area contributed by atoms with Gasteiger partial charge in [0.25, 0.3) is 0 Å². The fourth-order valence-corrected chi connectivity index (χ4v) is 1.25. The summed E-state index contributed by atoms with van der Waals surface area (Å²) < 4.78 is 15.6. The Morgan fingerprint density at radius 1 is 1.26 bits per heavy atom. The van der Waals surface area contributed by atoms with Crippen molar-refractivity contribution in [1.29, 1.82) is 0 Å². The molecule has 3 unspecified atom stereocenters. The third kappa shape index (κ3) is 7.74. The van der Waals surface area contributed by atoms with Gasteiger partial charge in [0.1, 0.15) is 0 Å². The van der Waals surface area contributed by atoms with Crippen LogP contribution >= 0.6 is 0 Å². The Morgan fingerprint density at radius 3 is 2.37 bits per heavy atom. The number of rotatable bonds is 10. The van der Waals surface area contributed by atoms with Crippen LogP contribution in [-0.2, 0) is 23.8 Å². The summed E-state index contributed by atoms with van der Waals surface area (Å²) in [7, 11) is 1.60. The molecule has 0 aromatic heterocycles. The minimum Gasteiger partial charge on any atom is -0.453 e. The second kappa shape index (κ2) is 9.69. The summed E-state index contributed by atoms with van der Waals surface area (Å²) in [5.41, 5.74) is 0. The minimum atomic E-state index is -0.738. The Balaban J connectivity index is 4.07. The quantitative estimate of drug-likeness (QED) is 0.449. The first kappa shape index (κ1) is 17.8. The van der Waals surface area contributed by atoms with Crippen LogP contribution in [0.4, 0.5) is 0 Å². The highest BCUT2D eigenvalue weighted by Crippen LogP contribution is 2.06. The summed E-state index contributed by atoms with van der Waals surface area (Å²) in [5, 5.41) is 0. The Hall–Kier alpha value is -1.20. The van der Waals surface area contributed by atoms with Crippen molar-refractivity contribution in [3.05, 3.63) is 12.7 Å². The van der Waals surface area contributed by atoms with Crippen LogP contribution < -0.4 is 0 Å². The Morgan fingerprint density at radius 2 is 1.89 bits per heavy atom. The summed E-state index contributed by atoms with van der Waals surface area (Å²) in [6.45, 7) is 8.44. The zero-order valence-corrected chi connectivity index (χ0v) is 12.2. The molecule has 0 fully saturated rings. The number of methoxy groups -OCH3 is 1. The molecule has 0 amide bonds. The number of Topliss-reactive ketones (excluding diaryl/α,β-unsaturated/α-hetero) is 1. The number of carbonyl (C=O) groups excluding carboxylic acids is 2. The lowest BCUT2D eigenvalue weighted by Crippen LogP contribution is -2.32. The molecule has 0 saturated carbocycles. The summed E-state index contributed by atoms with van der Waals surface area (Å²) in [4.78, 5) is 22.6. The van der Waals surface area contributed by atoms with Crippen LogP contribution in [0, 0.1) is 0 Å². The summed E-state index contributed by atoms with van der Waals surface area (Å²) in [6.07, 6.45) is 1.87. The first-order chi connectivity index (χ1) is 8.92. The monoisotopic (exact) mass is 272 g/mol. The van der Waals surface area contributed by atoms with Crippen molar-refractivity contribution in [3.8, 4) is 0 Å². The Labute approximate surface area is 114 Å². The van der Waals surface area contributed by atoms with Gasteiger partial charge in [-0.15, -0.1) is 6.58 Å². The number of esters is 1. The number of ether oxygens (including phenoxy) is 3. The van der Waals surface area contributed by atoms with Crippen LogP contribution in [0.3, 0.4) is 0 Å². The first-order valence-electron chi connectivity index (χ1n) is 6.38. The van der Waals surface area contributed by atoms with Gasteiger partial charge in [-0.1, -0.05) is 6.08 Å². The molecule has 5 nitrogen and oxygen atoms in total. The van der Waals surface area contributed by atoms with E-state index in [2.05, 4.69) is 6.58 Å². The van der Waals surface area contributed by atoms with Crippen molar-refractivity contribution in [1.82, 2.24) is 0 Å². The molecule has 0 aliphatic heterocycles. The summed E-state index contributed by atoms with van der Waals surface area (Å²) in [5.74, 6) is -0.734. The molecule has 0 aromatic carbocycles. The number of ketones is 1. The van der Waals surface area contributed by atoms with Crippen molar-refractivity contribution in [3.63, 3.8) is 0 Å². The van der Waals surface area contributed by atoms with E-state index in [-0.39, 0.29) is 11.9 Å². The predicted molar refractivity (Wildman–Crippen MR) is 71.9 cm³/mol. The van der Waals surface area contributed by atoms with Crippen molar-refractivity contribution in [2.24, 2.45) is 0 Å². The van der Waals surface area contributed by atoms with Gasteiger partial charge in [0.05, 0.1) is 12.7 Å². The van der Waals surface area contributed by atoms with Crippen molar-refractivity contribution < 1.29 is 23.8 Å². The van der Waals surface area contributed by atoms with Crippen molar-refractivity contribution in [2.75, 3.05) is 13.7 Å². The zero-order chi connectivity index (χ0) is 14.8. The topological polar surface area (TPSA) is 61.8 Å².